The first-order valence-electron chi connectivity index (χ1n) is 15.0. The molecule has 0 bridgehead atoms. The second kappa shape index (κ2) is 10.5. The third-order valence-electron chi connectivity index (χ3n) is 8.48. The topological polar surface area (TPSA) is 38.7 Å². The molecular formula is C41H25N3S. The molecule has 3 heterocycles. The van der Waals surface area contributed by atoms with Gasteiger partial charge in [0.15, 0.2) is 5.82 Å². The Morgan fingerprint density at radius 1 is 0.422 bits per heavy atom. The van der Waals surface area contributed by atoms with E-state index in [1.54, 1.807) is 0 Å². The normalized spacial score (nSPS) is 11.6. The lowest BCUT2D eigenvalue weighted by molar-refractivity contribution is 1.19. The first-order chi connectivity index (χ1) is 22.3. The van der Waals surface area contributed by atoms with Crippen molar-refractivity contribution in [3.8, 4) is 45.2 Å². The quantitative estimate of drug-likeness (QED) is 0.191. The van der Waals surface area contributed by atoms with Gasteiger partial charge in [0.2, 0.25) is 0 Å². The maximum Gasteiger partial charge on any atom is 0.160 e. The van der Waals surface area contributed by atoms with Crippen molar-refractivity contribution in [1.82, 2.24) is 15.0 Å². The minimum atomic E-state index is 0.722. The van der Waals surface area contributed by atoms with Crippen molar-refractivity contribution in [1.29, 1.82) is 0 Å². The van der Waals surface area contributed by atoms with Crippen LogP contribution in [0.15, 0.2) is 152 Å². The Hall–Kier alpha value is -5.71. The van der Waals surface area contributed by atoms with E-state index >= 15 is 0 Å². The maximum atomic E-state index is 5.17. The van der Waals surface area contributed by atoms with Crippen LogP contribution in [0.2, 0.25) is 0 Å². The summed E-state index contributed by atoms with van der Waals surface area (Å²) in [6.45, 7) is 0. The van der Waals surface area contributed by atoms with Crippen LogP contribution in [0, 0.1) is 0 Å². The first kappa shape index (κ1) is 25.8. The molecule has 9 aromatic rings. The summed E-state index contributed by atoms with van der Waals surface area (Å²) < 4.78 is 2.47. The summed E-state index contributed by atoms with van der Waals surface area (Å²) in [6.07, 6.45) is 0. The Morgan fingerprint density at radius 2 is 1.07 bits per heavy atom. The van der Waals surface area contributed by atoms with Crippen molar-refractivity contribution in [2.45, 2.75) is 0 Å². The Balaban J connectivity index is 1.35. The van der Waals surface area contributed by atoms with Crippen LogP contribution in [0.5, 0.6) is 0 Å². The summed E-state index contributed by atoms with van der Waals surface area (Å²) in [7, 11) is 0. The molecule has 0 radical (unpaired) electrons. The molecule has 0 fully saturated rings. The van der Waals surface area contributed by atoms with Gasteiger partial charge in [0.25, 0.3) is 0 Å². The van der Waals surface area contributed by atoms with Gasteiger partial charge in [0, 0.05) is 58.6 Å². The second-order valence-corrected chi connectivity index (χ2v) is 12.2. The SMILES string of the molecule is c1ccc(-c2cc(-c3cccc4c3sc3ccc5c(-c6ccccc6)nc6ccccc6c5c34)nc(-c3ccccc3)n2)cc1. The van der Waals surface area contributed by atoms with E-state index < -0.39 is 0 Å². The lowest BCUT2D eigenvalue weighted by Gasteiger charge is -2.12. The zero-order valence-electron chi connectivity index (χ0n) is 24.2. The summed E-state index contributed by atoms with van der Waals surface area (Å²) in [5, 5.41) is 6.08. The molecule has 0 saturated carbocycles. The van der Waals surface area contributed by atoms with Crippen LogP contribution in [-0.4, -0.2) is 15.0 Å². The van der Waals surface area contributed by atoms with Crippen molar-refractivity contribution in [2.24, 2.45) is 0 Å². The molecule has 3 nitrogen and oxygen atoms in total. The molecule has 0 aliphatic heterocycles. The largest absolute Gasteiger partial charge is 0.247 e. The molecule has 0 aliphatic carbocycles. The van der Waals surface area contributed by atoms with Crippen LogP contribution in [0.4, 0.5) is 0 Å². The summed E-state index contributed by atoms with van der Waals surface area (Å²) in [5.41, 5.74) is 8.14. The van der Waals surface area contributed by atoms with Gasteiger partial charge < -0.3 is 0 Å². The van der Waals surface area contributed by atoms with E-state index in [1.807, 2.05) is 35.6 Å². The standard InChI is InChI=1S/C41H25N3S/c1-4-13-26(14-5-1)34-25-35(44-41(43-34)28-17-8-3-9-18-28)30-20-12-21-32-38-36(45-40(30)32)24-23-31-37(38)29-19-10-11-22-33(29)42-39(31)27-15-6-2-7-16-27/h1-25H. The molecule has 210 valence electrons. The number of para-hydroxylation sites is 1. The molecule has 0 N–H and O–H groups in total. The third-order valence-corrected chi connectivity index (χ3v) is 9.68. The van der Waals surface area contributed by atoms with Crippen LogP contribution in [0.1, 0.15) is 0 Å². The Bertz CT molecular complexity index is 2460. The fourth-order valence-electron chi connectivity index (χ4n) is 6.41. The highest BCUT2D eigenvalue weighted by Gasteiger charge is 2.19. The number of benzene rings is 6. The minimum Gasteiger partial charge on any atom is -0.247 e. The van der Waals surface area contributed by atoms with Crippen LogP contribution in [0.3, 0.4) is 0 Å². The molecule has 3 aromatic heterocycles. The molecule has 9 rings (SSSR count). The smallest absolute Gasteiger partial charge is 0.160 e. The van der Waals surface area contributed by atoms with Crippen molar-refractivity contribution in [3.05, 3.63) is 152 Å². The van der Waals surface area contributed by atoms with Gasteiger partial charge in [0.05, 0.1) is 22.6 Å². The number of hydrogen-bond acceptors (Lipinski definition) is 4. The van der Waals surface area contributed by atoms with Crippen LogP contribution >= 0.6 is 11.3 Å². The number of thiophene rings is 1. The monoisotopic (exact) mass is 591 g/mol. The lowest BCUT2D eigenvalue weighted by Crippen LogP contribution is -1.95. The van der Waals surface area contributed by atoms with Gasteiger partial charge in [-0.05, 0) is 18.2 Å². The fraction of sp³-hybridized carbons (Fsp3) is 0. The van der Waals surface area contributed by atoms with E-state index in [0.717, 1.165) is 56.1 Å². The number of fused-ring (bicyclic) bond motifs is 7. The Kier molecular flexibility index (Phi) is 6.00. The van der Waals surface area contributed by atoms with Gasteiger partial charge in [-0.2, -0.15) is 0 Å². The van der Waals surface area contributed by atoms with E-state index in [4.69, 9.17) is 15.0 Å². The molecular weight excluding hydrogens is 567 g/mol. The Labute approximate surface area is 264 Å². The van der Waals surface area contributed by atoms with Crippen molar-refractivity contribution in [2.75, 3.05) is 0 Å². The molecule has 4 heteroatoms. The molecule has 0 amide bonds. The fourth-order valence-corrected chi connectivity index (χ4v) is 7.64. The first-order valence-corrected chi connectivity index (χ1v) is 15.9. The maximum absolute atomic E-state index is 5.17. The number of nitrogens with zero attached hydrogens (tertiary/aromatic N) is 3. The lowest BCUT2D eigenvalue weighted by atomic mass is 9.95. The second-order valence-electron chi connectivity index (χ2n) is 11.2. The highest BCUT2D eigenvalue weighted by Crippen LogP contribution is 2.46. The predicted molar refractivity (Wildman–Crippen MR) is 189 cm³/mol. The molecule has 6 aromatic carbocycles. The molecule has 0 spiro atoms. The molecule has 0 unspecified atom stereocenters. The molecule has 0 aliphatic rings. The molecule has 45 heavy (non-hydrogen) atoms. The average molecular weight is 592 g/mol. The average Bonchev–Trinajstić information content (AvgIpc) is 3.51. The van der Waals surface area contributed by atoms with Gasteiger partial charge in [-0.3, -0.25) is 0 Å². The zero-order chi connectivity index (χ0) is 29.7. The van der Waals surface area contributed by atoms with E-state index in [2.05, 4.69) is 127 Å². The van der Waals surface area contributed by atoms with Crippen molar-refractivity contribution >= 4 is 53.2 Å². The summed E-state index contributed by atoms with van der Waals surface area (Å²) in [6, 6.07) is 52.9. The molecule has 0 saturated heterocycles. The van der Waals surface area contributed by atoms with Crippen LogP contribution in [-0.2, 0) is 0 Å². The summed E-state index contributed by atoms with van der Waals surface area (Å²) in [5.74, 6) is 0.722. The summed E-state index contributed by atoms with van der Waals surface area (Å²) in [4.78, 5) is 15.4. The van der Waals surface area contributed by atoms with Gasteiger partial charge in [-0.1, -0.05) is 133 Å². The minimum absolute atomic E-state index is 0.722. The van der Waals surface area contributed by atoms with Crippen LogP contribution < -0.4 is 0 Å². The summed E-state index contributed by atoms with van der Waals surface area (Å²) >= 11 is 1.83. The highest BCUT2D eigenvalue weighted by atomic mass is 32.1. The van der Waals surface area contributed by atoms with E-state index in [-0.39, 0.29) is 0 Å². The number of aromatic nitrogens is 3. The number of hydrogen-bond donors (Lipinski definition) is 0. The van der Waals surface area contributed by atoms with Gasteiger partial charge in [-0.25, -0.2) is 15.0 Å². The van der Waals surface area contributed by atoms with E-state index in [1.165, 1.54) is 30.9 Å². The van der Waals surface area contributed by atoms with Crippen molar-refractivity contribution < 1.29 is 0 Å². The Morgan fingerprint density at radius 3 is 1.84 bits per heavy atom. The van der Waals surface area contributed by atoms with Crippen LogP contribution in [0.25, 0.3) is 87.0 Å². The number of pyridine rings is 1. The zero-order valence-corrected chi connectivity index (χ0v) is 25.0. The van der Waals surface area contributed by atoms with E-state index in [0.29, 0.717) is 0 Å². The third kappa shape index (κ3) is 4.30. The predicted octanol–water partition coefficient (Wildman–Crippen LogP) is 11.2. The highest BCUT2D eigenvalue weighted by molar-refractivity contribution is 7.26. The van der Waals surface area contributed by atoms with Gasteiger partial charge in [-0.15, -0.1) is 11.3 Å². The number of rotatable bonds is 4. The van der Waals surface area contributed by atoms with Gasteiger partial charge in [0.1, 0.15) is 0 Å². The molecule has 0 atom stereocenters. The van der Waals surface area contributed by atoms with E-state index in [9.17, 15) is 0 Å². The van der Waals surface area contributed by atoms with Crippen molar-refractivity contribution in [3.63, 3.8) is 0 Å². The van der Waals surface area contributed by atoms with Gasteiger partial charge >= 0.3 is 0 Å².